The summed E-state index contributed by atoms with van der Waals surface area (Å²) >= 11 is 0. The van der Waals surface area contributed by atoms with Crippen molar-refractivity contribution < 1.29 is 4.79 Å². The van der Waals surface area contributed by atoms with Crippen molar-refractivity contribution >= 4 is 5.91 Å². The molecule has 0 heterocycles. The van der Waals surface area contributed by atoms with Gasteiger partial charge in [0.1, 0.15) is 0 Å². The molecule has 3 nitrogen and oxygen atoms in total. The Labute approximate surface area is 115 Å². The number of benzene rings is 1. The summed E-state index contributed by atoms with van der Waals surface area (Å²) in [7, 11) is 0. The highest BCUT2D eigenvalue weighted by Gasteiger charge is 2.19. The van der Waals surface area contributed by atoms with E-state index in [1.165, 1.54) is 25.7 Å². The maximum atomic E-state index is 12.1. The Morgan fingerprint density at radius 1 is 1.16 bits per heavy atom. The van der Waals surface area contributed by atoms with Gasteiger partial charge in [-0.25, -0.2) is 0 Å². The fourth-order valence-electron chi connectivity index (χ4n) is 2.69. The second kappa shape index (κ2) is 7.29. The Balaban J connectivity index is 1.81. The van der Waals surface area contributed by atoms with Gasteiger partial charge in [-0.15, -0.1) is 0 Å². The number of rotatable bonds is 4. The molecule has 0 unspecified atom stereocenters. The van der Waals surface area contributed by atoms with Crippen LogP contribution in [0.4, 0.5) is 0 Å². The number of carbonyl (C=O) groups excluding carboxylic acids is 1. The molecule has 0 spiro atoms. The Morgan fingerprint density at radius 3 is 2.42 bits per heavy atom. The predicted octanol–water partition coefficient (Wildman–Crippen LogP) is 2.40. The maximum absolute atomic E-state index is 12.1. The van der Waals surface area contributed by atoms with E-state index in [-0.39, 0.29) is 5.91 Å². The molecule has 1 aromatic rings. The molecule has 3 N–H and O–H groups in total. The number of amides is 1. The molecule has 0 radical (unpaired) electrons. The van der Waals surface area contributed by atoms with Gasteiger partial charge < -0.3 is 11.1 Å². The van der Waals surface area contributed by atoms with Crippen LogP contribution in [-0.4, -0.2) is 18.0 Å². The van der Waals surface area contributed by atoms with Crippen LogP contribution in [0.3, 0.4) is 0 Å². The molecule has 1 atom stereocenters. The fourth-order valence-corrected chi connectivity index (χ4v) is 2.69. The van der Waals surface area contributed by atoms with Crippen molar-refractivity contribution in [3.63, 3.8) is 0 Å². The minimum atomic E-state index is -0.439. The highest BCUT2D eigenvalue weighted by molar-refractivity contribution is 5.82. The van der Waals surface area contributed by atoms with Crippen LogP contribution in [-0.2, 0) is 11.2 Å². The van der Waals surface area contributed by atoms with Gasteiger partial charge in [0, 0.05) is 6.04 Å². The summed E-state index contributed by atoms with van der Waals surface area (Å²) in [6.45, 7) is 0. The van der Waals surface area contributed by atoms with Crippen molar-refractivity contribution in [1.82, 2.24) is 5.32 Å². The lowest BCUT2D eigenvalue weighted by Gasteiger charge is -2.19. The minimum Gasteiger partial charge on any atom is -0.352 e. The Hall–Kier alpha value is -1.35. The second-order valence-electron chi connectivity index (χ2n) is 5.49. The summed E-state index contributed by atoms with van der Waals surface area (Å²) < 4.78 is 0. The third-order valence-corrected chi connectivity index (χ3v) is 3.84. The van der Waals surface area contributed by atoms with E-state index in [9.17, 15) is 4.79 Å². The van der Waals surface area contributed by atoms with Gasteiger partial charge in [0.15, 0.2) is 0 Å². The molecule has 1 aromatic carbocycles. The van der Waals surface area contributed by atoms with Crippen LogP contribution in [0.1, 0.15) is 44.1 Å². The fraction of sp³-hybridized carbons (Fsp3) is 0.562. The third kappa shape index (κ3) is 4.67. The number of carbonyl (C=O) groups is 1. The molecule has 2 rings (SSSR count). The summed E-state index contributed by atoms with van der Waals surface area (Å²) in [4.78, 5) is 12.1. The van der Waals surface area contributed by atoms with E-state index in [1.807, 2.05) is 30.3 Å². The van der Waals surface area contributed by atoms with Gasteiger partial charge in [0.2, 0.25) is 5.91 Å². The quantitative estimate of drug-likeness (QED) is 0.817. The van der Waals surface area contributed by atoms with Crippen molar-refractivity contribution in [2.45, 2.75) is 57.0 Å². The molecule has 19 heavy (non-hydrogen) atoms. The Morgan fingerprint density at radius 2 is 1.79 bits per heavy atom. The summed E-state index contributed by atoms with van der Waals surface area (Å²) in [5, 5.41) is 3.11. The summed E-state index contributed by atoms with van der Waals surface area (Å²) in [5.41, 5.74) is 7.11. The largest absolute Gasteiger partial charge is 0.352 e. The van der Waals surface area contributed by atoms with Gasteiger partial charge in [0.05, 0.1) is 6.04 Å². The standard InChI is InChI=1S/C16H24N2O/c17-15(12-13-8-4-3-5-9-13)16(19)18-14-10-6-1-2-7-11-14/h3-5,8-9,14-15H,1-2,6-7,10-12,17H2,(H,18,19)/t15-/m1/s1. The molecule has 1 saturated carbocycles. The maximum Gasteiger partial charge on any atom is 0.237 e. The van der Waals surface area contributed by atoms with Crippen LogP contribution in [0.2, 0.25) is 0 Å². The van der Waals surface area contributed by atoms with Crippen molar-refractivity contribution in [1.29, 1.82) is 0 Å². The van der Waals surface area contributed by atoms with E-state index in [0.717, 1.165) is 18.4 Å². The van der Waals surface area contributed by atoms with Crippen LogP contribution in [0, 0.1) is 0 Å². The van der Waals surface area contributed by atoms with Crippen molar-refractivity contribution in [3.05, 3.63) is 35.9 Å². The Bertz CT molecular complexity index is 383. The van der Waals surface area contributed by atoms with E-state index >= 15 is 0 Å². The summed E-state index contributed by atoms with van der Waals surface area (Å²) in [5.74, 6) is -0.00393. The predicted molar refractivity (Wildman–Crippen MR) is 77.8 cm³/mol. The van der Waals surface area contributed by atoms with Crippen LogP contribution in [0.15, 0.2) is 30.3 Å². The summed E-state index contributed by atoms with van der Waals surface area (Å²) in [6, 6.07) is 9.84. The zero-order chi connectivity index (χ0) is 13.5. The number of nitrogens with two attached hydrogens (primary N) is 1. The molecule has 104 valence electrons. The highest BCUT2D eigenvalue weighted by Crippen LogP contribution is 2.17. The molecule has 1 fully saturated rings. The van der Waals surface area contributed by atoms with Crippen LogP contribution in [0.25, 0.3) is 0 Å². The SMILES string of the molecule is N[C@H](Cc1ccccc1)C(=O)NC1CCCCCC1. The molecular formula is C16H24N2O. The van der Waals surface area contributed by atoms with E-state index in [0.29, 0.717) is 12.5 Å². The van der Waals surface area contributed by atoms with Crippen molar-refractivity contribution in [2.24, 2.45) is 5.73 Å². The number of hydrogen-bond acceptors (Lipinski definition) is 2. The molecule has 0 bridgehead atoms. The molecule has 0 aromatic heterocycles. The van der Waals surface area contributed by atoms with E-state index in [1.54, 1.807) is 0 Å². The minimum absolute atomic E-state index is 0.00393. The molecule has 0 saturated heterocycles. The van der Waals surface area contributed by atoms with E-state index in [4.69, 9.17) is 5.73 Å². The highest BCUT2D eigenvalue weighted by atomic mass is 16.2. The lowest BCUT2D eigenvalue weighted by atomic mass is 10.0. The topological polar surface area (TPSA) is 55.1 Å². The zero-order valence-electron chi connectivity index (χ0n) is 11.5. The van der Waals surface area contributed by atoms with Gasteiger partial charge in [0.25, 0.3) is 0 Å². The van der Waals surface area contributed by atoms with Crippen LogP contribution in [0.5, 0.6) is 0 Å². The van der Waals surface area contributed by atoms with Crippen molar-refractivity contribution in [3.8, 4) is 0 Å². The van der Waals surface area contributed by atoms with Gasteiger partial charge in [-0.1, -0.05) is 56.0 Å². The molecule has 3 heteroatoms. The number of nitrogens with one attached hydrogen (secondary N) is 1. The zero-order valence-corrected chi connectivity index (χ0v) is 11.5. The first-order valence-corrected chi connectivity index (χ1v) is 7.35. The average molecular weight is 260 g/mol. The van der Waals surface area contributed by atoms with E-state index < -0.39 is 6.04 Å². The number of hydrogen-bond donors (Lipinski definition) is 2. The van der Waals surface area contributed by atoms with Crippen LogP contribution < -0.4 is 11.1 Å². The van der Waals surface area contributed by atoms with Crippen molar-refractivity contribution in [2.75, 3.05) is 0 Å². The molecule has 1 aliphatic rings. The van der Waals surface area contributed by atoms with Gasteiger partial charge in [-0.2, -0.15) is 0 Å². The lowest BCUT2D eigenvalue weighted by Crippen LogP contribution is -2.46. The van der Waals surface area contributed by atoms with Crippen LogP contribution >= 0.6 is 0 Å². The second-order valence-corrected chi connectivity index (χ2v) is 5.49. The molecule has 1 amide bonds. The first-order chi connectivity index (χ1) is 9.25. The summed E-state index contributed by atoms with van der Waals surface area (Å²) in [6.07, 6.45) is 7.84. The normalized spacial score (nSPS) is 18.6. The van der Waals surface area contributed by atoms with Gasteiger partial charge in [-0.05, 0) is 24.8 Å². The Kier molecular flexibility index (Phi) is 5.40. The molecule has 1 aliphatic carbocycles. The van der Waals surface area contributed by atoms with Gasteiger partial charge >= 0.3 is 0 Å². The third-order valence-electron chi connectivity index (χ3n) is 3.84. The average Bonchev–Trinajstić information content (AvgIpc) is 2.68. The molecule has 0 aliphatic heterocycles. The first-order valence-electron chi connectivity index (χ1n) is 7.35. The van der Waals surface area contributed by atoms with E-state index in [2.05, 4.69) is 5.32 Å². The molecular weight excluding hydrogens is 236 g/mol. The first kappa shape index (κ1) is 14.1. The lowest BCUT2D eigenvalue weighted by molar-refractivity contribution is -0.123. The smallest absolute Gasteiger partial charge is 0.237 e. The van der Waals surface area contributed by atoms with Gasteiger partial charge in [-0.3, -0.25) is 4.79 Å². The monoisotopic (exact) mass is 260 g/mol.